The second-order valence-electron chi connectivity index (χ2n) is 6.77. The first-order valence-electron chi connectivity index (χ1n) is 9.34. The zero-order valence-corrected chi connectivity index (χ0v) is 17.1. The van der Waals surface area contributed by atoms with Gasteiger partial charge in [-0.05, 0) is 31.4 Å². The third-order valence-electron chi connectivity index (χ3n) is 4.91. The van der Waals surface area contributed by atoms with E-state index in [0.29, 0.717) is 28.0 Å². The number of anilines is 1. The molecule has 0 aliphatic carbocycles. The molecule has 0 saturated heterocycles. The fraction of sp³-hybridized carbons (Fsp3) is 0.143. The number of fused-ring (bicyclic) bond motifs is 3. The maximum Gasteiger partial charge on any atom is 0.280 e. The second-order valence-corrected chi connectivity index (χ2v) is 7.54. The van der Waals surface area contributed by atoms with Gasteiger partial charge in [-0.1, -0.05) is 48.2 Å². The van der Waals surface area contributed by atoms with Crippen LogP contribution >= 0.6 is 11.8 Å². The lowest BCUT2D eigenvalue weighted by Crippen LogP contribution is -2.26. The standard InChI is InChI=1S/C21H18N6O2S/c1-12-16(20(28)27(26-12)13-8-4-3-5-9-13)18-22-15-11-7-6-10-14(15)17-19(29-18)23-21(30-2)25-24-17/h3-11,18,22,26H,1-2H3/t18-/m0/s1. The first-order valence-corrected chi connectivity index (χ1v) is 10.6. The first kappa shape index (κ1) is 18.4. The summed E-state index contributed by atoms with van der Waals surface area (Å²) in [5.41, 5.74) is 3.89. The molecule has 0 amide bonds. The molecule has 2 aromatic carbocycles. The molecule has 0 fully saturated rings. The lowest BCUT2D eigenvalue weighted by atomic mass is 10.1. The van der Waals surface area contributed by atoms with Crippen LogP contribution < -0.4 is 15.6 Å². The van der Waals surface area contributed by atoms with Gasteiger partial charge in [-0.2, -0.15) is 4.98 Å². The maximum absolute atomic E-state index is 13.3. The van der Waals surface area contributed by atoms with Crippen LogP contribution in [0.1, 0.15) is 17.5 Å². The minimum atomic E-state index is -0.743. The Morgan fingerprint density at radius 2 is 1.83 bits per heavy atom. The molecule has 1 atom stereocenters. The number of para-hydroxylation sites is 2. The summed E-state index contributed by atoms with van der Waals surface area (Å²) in [5.74, 6) is 0.336. The quantitative estimate of drug-likeness (QED) is 0.491. The van der Waals surface area contributed by atoms with Gasteiger partial charge in [0, 0.05) is 16.9 Å². The number of nitrogens with one attached hydrogen (secondary N) is 2. The molecule has 3 heterocycles. The molecule has 2 aromatic heterocycles. The molecule has 150 valence electrons. The van der Waals surface area contributed by atoms with Crippen molar-refractivity contribution in [2.24, 2.45) is 0 Å². The number of hydrogen-bond acceptors (Lipinski definition) is 7. The predicted octanol–water partition coefficient (Wildman–Crippen LogP) is 3.55. The van der Waals surface area contributed by atoms with Crippen LogP contribution in [0.5, 0.6) is 5.88 Å². The number of ether oxygens (including phenoxy) is 1. The van der Waals surface area contributed by atoms with E-state index in [2.05, 4.69) is 25.6 Å². The zero-order valence-electron chi connectivity index (χ0n) is 16.3. The van der Waals surface area contributed by atoms with Gasteiger partial charge in [0.2, 0.25) is 17.3 Å². The maximum atomic E-state index is 13.3. The number of benzene rings is 2. The highest BCUT2D eigenvalue weighted by molar-refractivity contribution is 7.98. The topological polar surface area (TPSA) is 97.7 Å². The van der Waals surface area contributed by atoms with E-state index in [1.165, 1.54) is 16.4 Å². The van der Waals surface area contributed by atoms with Crippen LogP contribution in [0.15, 0.2) is 64.5 Å². The summed E-state index contributed by atoms with van der Waals surface area (Å²) in [5, 5.41) is 15.5. The molecule has 9 heteroatoms. The van der Waals surface area contributed by atoms with Crippen LogP contribution in [0.3, 0.4) is 0 Å². The van der Waals surface area contributed by atoms with Crippen LogP contribution in [-0.4, -0.2) is 31.2 Å². The van der Waals surface area contributed by atoms with E-state index in [1.807, 2.05) is 67.8 Å². The Labute approximate surface area is 176 Å². The molecule has 30 heavy (non-hydrogen) atoms. The predicted molar refractivity (Wildman–Crippen MR) is 115 cm³/mol. The highest BCUT2D eigenvalue weighted by Gasteiger charge is 2.30. The molecule has 0 unspecified atom stereocenters. The third kappa shape index (κ3) is 3.03. The van der Waals surface area contributed by atoms with Gasteiger partial charge in [0.05, 0.1) is 5.69 Å². The highest BCUT2D eigenvalue weighted by Crippen LogP contribution is 2.39. The second kappa shape index (κ2) is 7.34. The molecule has 8 nitrogen and oxygen atoms in total. The summed E-state index contributed by atoms with van der Waals surface area (Å²) >= 11 is 1.38. The largest absolute Gasteiger partial charge is 0.447 e. The Balaban J connectivity index is 1.66. The molecule has 1 aliphatic rings. The van der Waals surface area contributed by atoms with Gasteiger partial charge >= 0.3 is 0 Å². The average Bonchev–Trinajstić information content (AvgIpc) is 2.98. The van der Waals surface area contributed by atoms with Gasteiger partial charge in [0.25, 0.3) is 5.56 Å². The van der Waals surface area contributed by atoms with Crippen LogP contribution in [0, 0.1) is 6.92 Å². The van der Waals surface area contributed by atoms with E-state index in [9.17, 15) is 4.79 Å². The Bertz CT molecular complexity index is 1280. The van der Waals surface area contributed by atoms with Crippen molar-refractivity contribution in [3.8, 4) is 22.8 Å². The fourth-order valence-electron chi connectivity index (χ4n) is 3.49. The molecule has 4 aromatic rings. The molecule has 0 bridgehead atoms. The smallest absolute Gasteiger partial charge is 0.280 e. The molecule has 2 N–H and O–H groups in total. The lowest BCUT2D eigenvalue weighted by Gasteiger charge is -2.17. The molecule has 0 saturated carbocycles. The van der Waals surface area contributed by atoms with Gasteiger partial charge in [-0.3, -0.25) is 9.89 Å². The molecule has 0 spiro atoms. The number of thioether (sulfide) groups is 1. The summed E-state index contributed by atoms with van der Waals surface area (Å²) < 4.78 is 7.72. The van der Waals surface area contributed by atoms with E-state index >= 15 is 0 Å². The van der Waals surface area contributed by atoms with Crippen molar-refractivity contribution in [3.63, 3.8) is 0 Å². The SMILES string of the molecule is CSc1nnc2c(n1)O[C@@H](c1c(C)[nH]n(-c3ccccc3)c1=O)Nc1ccccc1-2. The Morgan fingerprint density at radius 1 is 1.07 bits per heavy atom. The van der Waals surface area contributed by atoms with E-state index in [0.717, 1.165) is 16.9 Å². The summed E-state index contributed by atoms with van der Waals surface area (Å²) in [6.07, 6.45) is 1.13. The molecule has 0 radical (unpaired) electrons. The number of aryl methyl sites for hydroxylation is 1. The summed E-state index contributed by atoms with van der Waals surface area (Å²) in [6.45, 7) is 1.85. The van der Waals surface area contributed by atoms with Crippen LogP contribution in [0.25, 0.3) is 16.9 Å². The van der Waals surface area contributed by atoms with Crippen LogP contribution in [-0.2, 0) is 0 Å². The van der Waals surface area contributed by atoms with Gasteiger partial charge in [0.15, 0.2) is 5.69 Å². The van der Waals surface area contributed by atoms with E-state index in [1.54, 1.807) is 0 Å². The van der Waals surface area contributed by atoms with Gasteiger partial charge in [-0.25, -0.2) is 4.68 Å². The molecule has 1 aliphatic heterocycles. The summed E-state index contributed by atoms with van der Waals surface area (Å²) in [6, 6.07) is 17.1. The average molecular weight is 418 g/mol. The zero-order chi connectivity index (χ0) is 20.7. The lowest BCUT2D eigenvalue weighted by molar-refractivity contribution is 0.223. The number of hydrogen-bond donors (Lipinski definition) is 2. The number of aromatic nitrogens is 5. The fourth-order valence-corrected chi connectivity index (χ4v) is 3.79. The molecular weight excluding hydrogens is 400 g/mol. The van der Waals surface area contributed by atoms with Gasteiger partial charge in [-0.15, -0.1) is 10.2 Å². The number of nitrogens with zero attached hydrogens (tertiary/aromatic N) is 4. The number of H-pyrrole nitrogens is 1. The van der Waals surface area contributed by atoms with E-state index < -0.39 is 6.23 Å². The van der Waals surface area contributed by atoms with E-state index in [4.69, 9.17) is 4.74 Å². The van der Waals surface area contributed by atoms with Crippen molar-refractivity contribution in [1.82, 2.24) is 25.0 Å². The third-order valence-corrected chi connectivity index (χ3v) is 5.45. The van der Waals surface area contributed by atoms with Crippen molar-refractivity contribution in [2.75, 3.05) is 11.6 Å². The van der Waals surface area contributed by atoms with Crippen LogP contribution in [0.2, 0.25) is 0 Å². The Hall–Kier alpha value is -3.59. The van der Waals surface area contributed by atoms with Gasteiger partial charge < -0.3 is 10.1 Å². The van der Waals surface area contributed by atoms with Gasteiger partial charge in [0.1, 0.15) is 5.56 Å². The number of rotatable bonds is 3. The summed E-state index contributed by atoms with van der Waals surface area (Å²) in [4.78, 5) is 17.8. The Kier molecular flexibility index (Phi) is 4.51. The normalized spacial score (nSPS) is 14.8. The minimum absolute atomic E-state index is 0.191. The van der Waals surface area contributed by atoms with Crippen molar-refractivity contribution in [2.45, 2.75) is 18.3 Å². The number of aromatic amines is 1. The van der Waals surface area contributed by atoms with Crippen molar-refractivity contribution < 1.29 is 4.74 Å². The molecular formula is C21H18N6O2S. The highest BCUT2D eigenvalue weighted by atomic mass is 32.2. The summed E-state index contributed by atoms with van der Waals surface area (Å²) in [7, 11) is 0. The molecule has 5 rings (SSSR count). The van der Waals surface area contributed by atoms with Crippen molar-refractivity contribution in [3.05, 3.63) is 76.2 Å². The first-order chi connectivity index (χ1) is 14.7. The Morgan fingerprint density at radius 3 is 2.63 bits per heavy atom. The van der Waals surface area contributed by atoms with Crippen LogP contribution in [0.4, 0.5) is 5.69 Å². The van der Waals surface area contributed by atoms with E-state index in [-0.39, 0.29) is 5.56 Å². The van der Waals surface area contributed by atoms with Crippen molar-refractivity contribution >= 4 is 17.4 Å². The minimum Gasteiger partial charge on any atom is -0.447 e. The monoisotopic (exact) mass is 418 g/mol. The van der Waals surface area contributed by atoms with Crippen molar-refractivity contribution in [1.29, 1.82) is 0 Å².